The van der Waals surface area contributed by atoms with Gasteiger partial charge in [-0.2, -0.15) is 0 Å². The second kappa shape index (κ2) is 5.68. The Morgan fingerprint density at radius 1 is 1.09 bits per heavy atom. The number of benzene rings is 2. The minimum Gasteiger partial charge on any atom is -0.486 e. The highest BCUT2D eigenvalue weighted by atomic mass is 16.5. The molecule has 1 heterocycles. The Balaban J connectivity index is 1.68. The van der Waals surface area contributed by atoms with Crippen LogP contribution in [0.4, 0.5) is 5.69 Å². The van der Waals surface area contributed by atoms with E-state index in [1.807, 2.05) is 0 Å². The van der Waals surface area contributed by atoms with E-state index in [0.29, 0.717) is 0 Å². The fraction of sp³-hybridized carbons (Fsp3) is 0.400. The Hall–Kier alpha value is -1.96. The summed E-state index contributed by atoms with van der Waals surface area (Å²) < 4.78 is 6.13. The number of aryl methyl sites for hydroxylation is 1. The summed E-state index contributed by atoms with van der Waals surface area (Å²) in [5.74, 6) is 0.966. The van der Waals surface area contributed by atoms with Crippen LogP contribution < -0.4 is 10.1 Å². The number of hydrogen-bond acceptors (Lipinski definition) is 2. The number of fused-ring (bicyclic) bond motifs is 1. The number of hydrogen-bond donors (Lipinski definition) is 1. The van der Waals surface area contributed by atoms with Gasteiger partial charge in [0, 0.05) is 6.42 Å². The van der Waals surface area contributed by atoms with Gasteiger partial charge in [-0.3, -0.25) is 0 Å². The lowest BCUT2D eigenvalue weighted by Crippen LogP contribution is -2.32. The van der Waals surface area contributed by atoms with E-state index >= 15 is 0 Å². The van der Waals surface area contributed by atoms with Gasteiger partial charge in [0.15, 0.2) is 0 Å². The lowest BCUT2D eigenvalue weighted by atomic mass is 9.86. The van der Waals surface area contributed by atoms with Crippen LogP contribution in [0.5, 0.6) is 5.75 Å². The summed E-state index contributed by atoms with van der Waals surface area (Å²) in [4.78, 5) is 0. The smallest absolute Gasteiger partial charge is 0.142 e. The van der Waals surface area contributed by atoms with E-state index in [1.165, 1.54) is 16.7 Å². The first kappa shape index (κ1) is 15.0. The van der Waals surface area contributed by atoms with Gasteiger partial charge in [-0.05, 0) is 41.2 Å². The molecule has 1 atom stereocenters. The Bertz CT molecular complexity index is 652. The molecule has 2 heteroatoms. The van der Waals surface area contributed by atoms with Crippen molar-refractivity contribution in [1.29, 1.82) is 0 Å². The topological polar surface area (TPSA) is 21.3 Å². The van der Waals surface area contributed by atoms with Crippen molar-refractivity contribution in [2.45, 2.75) is 45.6 Å². The molecule has 2 aromatic carbocycles. The van der Waals surface area contributed by atoms with E-state index in [4.69, 9.17) is 4.74 Å². The summed E-state index contributed by atoms with van der Waals surface area (Å²) in [5.41, 5.74) is 5.28. The summed E-state index contributed by atoms with van der Waals surface area (Å²) in [5, 5.41) is 3.48. The molecule has 1 unspecified atom stereocenters. The molecule has 0 radical (unpaired) electrons. The minimum atomic E-state index is 0.190. The molecule has 0 saturated carbocycles. The van der Waals surface area contributed by atoms with Crippen LogP contribution in [0.15, 0.2) is 42.5 Å². The molecule has 0 fully saturated rings. The van der Waals surface area contributed by atoms with Crippen LogP contribution in [-0.4, -0.2) is 12.6 Å². The lowest BCUT2D eigenvalue weighted by Gasteiger charge is -2.28. The van der Waals surface area contributed by atoms with Crippen LogP contribution >= 0.6 is 0 Å². The first-order valence-corrected chi connectivity index (χ1v) is 8.02. The summed E-state index contributed by atoms with van der Waals surface area (Å²) in [7, 11) is 0. The van der Waals surface area contributed by atoms with Crippen molar-refractivity contribution in [3.05, 3.63) is 59.2 Å². The van der Waals surface area contributed by atoms with Crippen LogP contribution in [0.3, 0.4) is 0 Å². The van der Waals surface area contributed by atoms with Crippen molar-refractivity contribution in [2.24, 2.45) is 0 Å². The average Bonchev–Trinajstić information content (AvgIpc) is 2.47. The van der Waals surface area contributed by atoms with Gasteiger partial charge >= 0.3 is 0 Å². The second-order valence-electron chi connectivity index (χ2n) is 7.27. The predicted octanol–water partition coefficient (Wildman–Crippen LogP) is 4.71. The predicted molar refractivity (Wildman–Crippen MR) is 92.9 cm³/mol. The van der Waals surface area contributed by atoms with E-state index in [1.54, 1.807) is 0 Å². The Kier molecular flexibility index (Phi) is 3.86. The molecule has 0 aliphatic carbocycles. The van der Waals surface area contributed by atoms with Gasteiger partial charge in [0.2, 0.25) is 0 Å². The molecule has 2 aromatic rings. The fourth-order valence-electron chi connectivity index (χ4n) is 2.85. The van der Waals surface area contributed by atoms with Gasteiger partial charge in [0.05, 0.1) is 12.2 Å². The lowest BCUT2D eigenvalue weighted by molar-refractivity contribution is 0.206. The van der Waals surface area contributed by atoms with Crippen LogP contribution in [0.1, 0.15) is 37.5 Å². The van der Waals surface area contributed by atoms with Crippen molar-refractivity contribution in [3.63, 3.8) is 0 Å². The molecule has 1 aliphatic rings. The Morgan fingerprint density at radius 3 is 2.50 bits per heavy atom. The van der Waals surface area contributed by atoms with Crippen molar-refractivity contribution < 1.29 is 4.74 Å². The highest BCUT2D eigenvalue weighted by Gasteiger charge is 2.20. The third kappa shape index (κ3) is 3.27. The van der Waals surface area contributed by atoms with Gasteiger partial charge in [0.25, 0.3) is 0 Å². The van der Waals surface area contributed by atoms with E-state index in [-0.39, 0.29) is 11.5 Å². The summed E-state index contributed by atoms with van der Waals surface area (Å²) in [6.45, 7) is 9.70. The minimum absolute atomic E-state index is 0.190. The van der Waals surface area contributed by atoms with Gasteiger partial charge in [-0.1, -0.05) is 51.1 Å². The van der Waals surface area contributed by atoms with Crippen LogP contribution in [0.2, 0.25) is 0 Å². The molecular weight excluding hydrogens is 270 g/mol. The molecule has 116 valence electrons. The largest absolute Gasteiger partial charge is 0.486 e. The van der Waals surface area contributed by atoms with E-state index in [9.17, 15) is 0 Å². The zero-order chi connectivity index (χ0) is 15.7. The molecule has 0 bridgehead atoms. The summed E-state index contributed by atoms with van der Waals surface area (Å²) in [6, 6.07) is 15.2. The maximum atomic E-state index is 6.13. The fourth-order valence-corrected chi connectivity index (χ4v) is 2.85. The van der Waals surface area contributed by atoms with Gasteiger partial charge in [0.1, 0.15) is 11.9 Å². The zero-order valence-corrected chi connectivity index (χ0v) is 13.9. The third-order valence-electron chi connectivity index (χ3n) is 4.23. The van der Waals surface area contributed by atoms with Crippen molar-refractivity contribution >= 4 is 5.69 Å². The molecule has 0 aromatic heterocycles. The molecule has 22 heavy (non-hydrogen) atoms. The average molecular weight is 295 g/mol. The summed E-state index contributed by atoms with van der Waals surface area (Å²) in [6.07, 6.45) is 1.13. The first-order valence-electron chi connectivity index (χ1n) is 8.02. The standard InChI is InChI=1S/C20H25NO/c1-14-5-10-19-18(11-14)21-13-17(22-19)12-15-6-8-16(9-7-15)20(2,3)4/h5-11,17,21H,12-13H2,1-4H3. The molecule has 0 amide bonds. The van der Waals surface area contributed by atoms with Crippen molar-refractivity contribution in [2.75, 3.05) is 11.9 Å². The van der Waals surface area contributed by atoms with Crippen LogP contribution in [-0.2, 0) is 11.8 Å². The quantitative estimate of drug-likeness (QED) is 0.866. The Morgan fingerprint density at radius 2 is 1.82 bits per heavy atom. The van der Waals surface area contributed by atoms with E-state index < -0.39 is 0 Å². The molecular formula is C20H25NO. The highest BCUT2D eigenvalue weighted by Crippen LogP contribution is 2.30. The van der Waals surface area contributed by atoms with Gasteiger partial charge < -0.3 is 10.1 Å². The maximum absolute atomic E-state index is 6.13. The molecule has 1 aliphatic heterocycles. The van der Waals surface area contributed by atoms with Crippen molar-refractivity contribution in [3.8, 4) is 5.75 Å². The molecule has 3 rings (SSSR count). The molecule has 2 nitrogen and oxygen atoms in total. The number of nitrogens with one attached hydrogen (secondary N) is 1. The monoisotopic (exact) mass is 295 g/mol. The SMILES string of the molecule is Cc1ccc2c(c1)NCC(Cc1ccc(C(C)(C)C)cc1)O2. The molecule has 0 saturated heterocycles. The number of anilines is 1. The maximum Gasteiger partial charge on any atom is 0.142 e. The number of ether oxygens (including phenoxy) is 1. The van der Waals surface area contributed by atoms with Gasteiger partial charge in [-0.25, -0.2) is 0 Å². The second-order valence-corrected chi connectivity index (χ2v) is 7.27. The Labute approximate surface area is 133 Å². The van der Waals surface area contributed by atoms with E-state index in [2.05, 4.69) is 75.5 Å². The third-order valence-corrected chi connectivity index (χ3v) is 4.23. The molecule has 0 spiro atoms. The number of rotatable bonds is 2. The van der Waals surface area contributed by atoms with Crippen LogP contribution in [0.25, 0.3) is 0 Å². The first-order chi connectivity index (χ1) is 10.4. The molecule has 1 N–H and O–H groups in total. The highest BCUT2D eigenvalue weighted by molar-refractivity contribution is 5.59. The van der Waals surface area contributed by atoms with Gasteiger partial charge in [-0.15, -0.1) is 0 Å². The van der Waals surface area contributed by atoms with Crippen molar-refractivity contribution in [1.82, 2.24) is 0 Å². The zero-order valence-electron chi connectivity index (χ0n) is 13.9. The summed E-state index contributed by atoms with van der Waals surface area (Å²) >= 11 is 0. The normalized spacial score (nSPS) is 17.4. The van der Waals surface area contributed by atoms with E-state index in [0.717, 1.165) is 24.4 Å². The van der Waals surface area contributed by atoms with Crippen LogP contribution in [0, 0.1) is 6.92 Å².